The molecule has 1 amide bonds. The highest BCUT2D eigenvalue weighted by Gasteiger charge is 2.16. The van der Waals surface area contributed by atoms with Gasteiger partial charge in [0.2, 0.25) is 5.89 Å². The summed E-state index contributed by atoms with van der Waals surface area (Å²) < 4.78 is 6.58. The molecule has 1 aromatic carbocycles. The van der Waals surface area contributed by atoms with Gasteiger partial charge in [0.05, 0.1) is 12.6 Å². The molecule has 1 heterocycles. The number of halogens is 1. The summed E-state index contributed by atoms with van der Waals surface area (Å²) in [7, 11) is 1.92. The van der Waals surface area contributed by atoms with Crippen molar-refractivity contribution in [2.24, 2.45) is 0 Å². The van der Waals surface area contributed by atoms with Crippen LogP contribution in [0, 0.1) is 0 Å². The Bertz CT molecular complexity index is 642. The van der Waals surface area contributed by atoms with Crippen LogP contribution in [-0.2, 0) is 11.3 Å². The van der Waals surface area contributed by atoms with Gasteiger partial charge in [-0.15, -0.1) is 10.2 Å². The fourth-order valence-corrected chi connectivity index (χ4v) is 2.49. The maximum absolute atomic E-state index is 11.7. The molecular weight excluding hydrogens is 348 g/mol. The Balaban J connectivity index is 1.97. The fourth-order valence-electron chi connectivity index (χ4n) is 2.04. The highest BCUT2D eigenvalue weighted by Crippen LogP contribution is 2.26. The van der Waals surface area contributed by atoms with E-state index in [9.17, 15) is 4.79 Å². The van der Waals surface area contributed by atoms with E-state index in [4.69, 9.17) is 4.42 Å². The van der Waals surface area contributed by atoms with E-state index < -0.39 is 0 Å². The van der Waals surface area contributed by atoms with Gasteiger partial charge in [-0.05, 0) is 41.9 Å². The molecular formula is C15H20BrN4O2+. The van der Waals surface area contributed by atoms with E-state index in [2.05, 4.69) is 31.4 Å². The molecule has 0 aliphatic carbocycles. The normalized spacial score (nSPS) is 12.4. The average Bonchev–Trinajstić information content (AvgIpc) is 2.86. The second kappa shape index (κ2) is 7.51. The maximum Gasteiger partial charge on any atom is 0.275 e. The number of hydrogen-bond acceptors (Lipinski definition) is 4. The second-order valence-electron chi connectivity index (χ2n) is 5.51. The van der Waals surface area contributed by atoms with Crippen molar-refractivity contribution in [1.82, 2.24) is 15.5 Å². The predicted octanol–water partition coefficient (Wildman–Crippen LogP) is 1.04. The summed E-state index contributed by atoms with van der Waals surface area (Å²) in [5.41, 5.74) is 0.858. The van der Waals surface area contributed by atoms with Crippen LogP contribution in [0.4, 0.5) is 0 Å². The average molecular weight is 368 g/mol. The number of benzene rings is 1. The largest absolute Gasteiger partial charge is 0.415 e. The van der Waals surface area contributed by atoms with Crippen LogP contribution in [0.1, 0.15) is 19.7 Å². The molecule has 0 aliphatic rings. The van der Waals surface area contributed by atoms with Crippen LogP contribution in [0.15, 0.2) is 33.2 Å². The Morgan fingerprint density at radius 2 is 2.09 bits per heavy atom. The summed E-state index contributed by atoms with van der Waals surface area (Å²) in [5.74, 6) is 1.00. The molecule has 0 aliphatic heterocycles. The smallest absolute Gasteiger partial charge is 0.275 e. The molecule has 6 nitrogen and oxygen atoms in total. The molecule has 0 saturated heterocycles. The minimum absolute atomic E-state index is 0.0121. The Kier molecular flexibility index (Phi) is 5.68. The highest BCUT2D eigenvalue weighted by molar-refractivity contribution is 9.10. The summed E-state index contributed by atoms with van der Waals surface area (Å²) in [6, 6.07) is 7.82. The summed E-state index contributed by atoms with van der Waals surface area (Å²) >= 11 is 3.46. The fraction of sp³-hybridized carbons (Fsp3) is 0.400. The van der Waals surface area contributed by atoms with Crippen molar-refractivity contribution in [3.8, 4) is 11.5 Å². The van der Waals surface area contributed by atoms with Gasteiger partial charge in [-0.25, -0.2) is 0 Å². The number of nitrogens with zero attached hydrogens (tertiary/aromatic N) is 2. The Hall–Kier alpha value is -1.73. The van der Waals surface area contributed by atoms with Crippen LogP contribution in [0.2, 0.25) is 0 Å². The molecule has 1 aromatic heterocycles. The zero-order valence-corrected chi connectivity index (χ0v) is 14.5. The van der Waals surface area contributed by atoms with Gasteiger partial charge in [-0.3, -0.25) is 4.79 Å². The quantitative estimate of drug-likeness (QED) is 0.799. The Morgan fingerprint density at radius 3 is 2.77 bits per heavy atom. The summed E-state index contributed by atoms with van der Waals surface area (Å²) in [5, 5.41) is 11.0. The molecule has 1 unspecified atom stereocenters. The minimum atomic E-state index is 0.0121. The van der Waals surface area contributed by atoms with Gasteiger partial charge >= 0.3 is 0 Å². The number of amides is 1. The van der Waals surface area contributed by atoms with E-state index in [1.165, 1.54) is 0 Å². The zero-order valence-electron chi connectivity index (χ0n) is 12.9. The van der Waals surface area contributed by atoms with Gasteiger partial charge in [-0.2, -0.15) is 0 Å². The standard InChI is InChI=1S/C15H19BrN4O2/c1-10(2)17-13(21)8-20(3)9-14-18-19-15(22-14)11-6-4-5-7-12(11)16/h4-7,10H,8-9H2,1-3H3,(H,17,21)/p+1. The molecule has 0 saturated carbocycles. The van der Waals surface area contributed by atoms with Gasteiger partial charge < -0.3 is 14.6 Å². The molecule has 0 bridgehead atoms. The van der Waals surface area contributed by atoms with Crippen molar-refractivity contribution in [2.45, 2.75) is 26.4 Å². The third kappa shape index (κ3) is 4.64. The predicted molar refractivity (Wildman–Crippen MR) is 86.2 cm³/mol. The van der Waals surface area contributed by atoms with E-state index in [1.807, 2.05) is 45.2 Å². The lowest BCUT2D eigenvalue weighted by Gasteiger charge is -2.13. The van der Waals surface area contributed by atoms with Crippen LogP contribution in [0.3, 0.4) is 0 Å². The first-order valence-electron chi connectivity index (χ1n) is 7.13. The number of quaternary nitrogens is 1. The van der Waals surface area contributed by atoms with Gasteiger partial charge in [0.25, 0.3) is 11.8 Å². The van der Waals surface area contributed by atoms with Crippen LogP contribution < -0.4 is 10.2 Å². The van der Waals surface area contributed by atoms with Crippen molar-refractivity contribution in [3.05, 3.63) is 34.6 Å². The van der Waals surface area contributed by atoms with Crippen LogP contribution in [-0.4, -0.2) is 35.7 Å². The van der Waals surface area contributed by atoms with Crippen LogP contribution >= 0.6 is 15.9 Å². The molecule has 2 N–H and O–H groups in total. The van der Waals surface area contributed by atoms with E-state index in [1.54, 1.807) is 0 Å². The summed E-state index contributed by atoms with van der Waals surface area (Å²) in [4.78, 5) is 12.7. The Morgan fingerprint density at radius 1 is 1.36 bits per heavy atom. The number of nitrogens with one attached hydrogen (secondary N) is 2. The van der Waals surface area contributed by atoms with Crippen molar-refractivity contribution in [3.63, 3.8) is 0 Å². The molecule has 118 valence electrons. The van der Waals surface area contributed by atoms with Crippen molar-refractivity contribution in [2.75, 3.05) is 13.6 Å². The second-order valence-corrected chi connectivity index (χ2v) is 6.37. The lowest BCUT2D eigenvalue weighted by atomic mass is 10.2. The van der Waals surface area contributed by atoms with Crippen molar-refractivity contribution in [1.29, 1.82) is 0 Å². The number of carbonyl (C=O) groups excluding carboxylic acids is 1. The van der Waals surface area contributed by atoms with E-state index in [-0.39, 0.29) is 11.9 Å². The first-order valence-corrected chi connectivity index (χ1v) is 7.93. The van der Waals surface area contributed by atoms with Crippen LogP contribution in [0.25, 0.3) is 11.5 Å². The third-order valence-electron chi connectivity index (χ3n) is 2.94. The molecule has 0 fully saturated rings. The number of carbonyl (C=O) groups is 1. The summed E-state index contributed by atoms with van der Waals surface area (Å²) in [6.45, 7) is 4.75. The topological polar surface area (TPSA) is 72.5 Å². The molecule has 22 heavy (non-hydrogen) atoms. The molecule has 0 radical (unpaired) electrons. The first kappa shape index (κ1) is 16.6. The number of hydrogen-bond donors (Lipinski definition) is 2. The van der Waals surface area contributed by atoms with E-state index in [0.29, 0.717) is 24.9 Å². The minimum Gasteiger partial charge on any atom is -0.415 e. The van der Waals surface area contributed by atoms with Crippen LogP contribution in [0.5, 0.6) is 0 Å². The third-order valence-corrected chi connectivity index (χ3v) is 3.63. The highest BCUT2D eigenvalue weighted by atomic mass is 79.9. The molecule has 1 atom stereocenters. The molecule has 2 rings (SSSR count). The summed E-state index contributed by atoms with van der Waals surface area (Å²) in [6.07, 6.45) is 0. The van der Waals surface area contributed by atoms with Gasteiger partial charge in [0.15, 0.2) is 13.1 Å². The van der Waals surface area contributed by atoms with E-state index >= 15 is 0 Å². The number of rotatable bonds is 6. The number of likely N-dealkylation sites (N-methyl/N-ethyl adjacent to an activating group) is 1. The number of aromatic nitrogens is 2. The Labute approximate surface area is 138 Å². The molecule has 2 aromatic rings. The zero-order chi connectivity index (χ0) is 16.1. The molecule has 7 heteroatoms. The monoisotopic (exact) mass is 367 g/mol. The maximum atomic E-state index is 11.7. The van der Waals surface area contributed by atoms with Crippen molar-refractivity contribution >= 4 is 21.8 Å². The van der Waals surface area contributed by atoms with Gasteiger partial charge in [-0.1, -0.05) is 12.1 Å². The lowest BCUT2D eigenvalue weighted by Crippen LogP contribution is -3.09. The molecule has 0 spiro atoms. The SMILES string of the molecule is CC(C)NC(=O)C[NH+](C)Cc1nnc(-c2ccccc2Br)o1. The van der Waals surface area contributed by atoms with Gasteiger partial charge in [0.1, 0.15) is 0 Å². The van der Waals surface area contributed by atoms with E-state index in [0.717, 1.165) is 14.9 Å². The van der Waals surface area contributed by atoms with Crippen molar-refractivity contribution < 1.29 is 14.1 Å². The lowest BCUT2D eigenvalue weighted by molar-refractivity contribution is -0.886. The van der Waals surface area contributed by atoms with Gasteiger partial charge in [0, 0.05) is 10.5 Å². The first-order chi connectivity index (χ1) is 10.5.